The van der Waals surface area contributed by atoms with Crippen LogP contribution in [0, 0.1) is 19.8 Å². The van der Waals surface area contributed by atoms with Crippen molar-refractivity contribution in [1.29, 1.82) is 0 Å². The van der Waals surface area contributed by atoms with Crippen molar-refractivity contribution in [2.45, 2.75) is 40.2 Å². The molecule has 8 heteroatoms. The van der Waals surface area contributed by atoms with E-state index in [0.717, 1.165) is 31.8 Å². The molecule has 0 unspecified atom stereocenters. The van der Waals surface area contributed by atoms with Crippen LogP contribution in [-0.2, 0) is 11.3 Å². The molecule has 2 aromatic rings. The van der Waals surface area contributed by atoms with Crippen molar-refractivity contribution in [2.24, 2.45) is 5.92 Å². The van der Waals surface area contributed by atoms with Crippen LogP contribution in [0.5, 0.6) is 0 Å². The molecule has 1 aliphatic heterocycles. The second-order valence-electron chi connectivity index (χ2n) is 6.88. The molecule has 3 rings (SSSR count). The standard InChI is InChI=1S/C18H24N6O2/c1-12-4-6-23(7-5-12)18-19-8-15(9-20-18)22-16(25)10-24-11-21-14(3)13(2)17(24)26/h8-9,11-12H,4-7,10H2,1-3H3,(H,22,25). The second kappa shape index (κ2) is 7.63. The van der Waals surface area contributed by atoms with Crippen LogP contribution < -0.4 is 15.8 Å². The van der Waals surface area contributed by atoms with E-state index < -0.39 is 0 Å². The van der Waals surface area contributed by atoms with Crippen molar-refractivity contribution in [3.05, 3.63) is 40.3 Å². The Hall–Kier alpha value is -2.77. The maximum atomic E-state index is 12.2. The summed E-state index contributed by atoms with van der Waals surface area (Å²) in [4.78, 5) is 39.3. The Morgan fingerprint density at radius 2 is 1.85 bits per heavy atom. The van der Waals surface area contributed by atoms with Gasteiger partial charge in [-0.2, -0.15) is 0 Å². The monoisotopic (exact) mass is 356 g/mol. The highest BCUT2D eigenvalue weighted by molar-refractivity contribution is 5.90. The fourth-order valence-corrected chi connectivity index (χ4v) is 2.90. The largest absolute Gasteiger partial charge is 0.341 e. The number of hydrogen-bond donors (Lipinski definition) is 1. The summed E-state index contributed by atoms with van der Waals surface area (Å²) in [6.45, 7) is 7.53. The Morgan fingerprint density at radius 3 is 2.50 bits per heavy atom. The van der Waals surface area contributed by atoms with Gasteiger partial charge in [0.1, 0.15) is 6.54 Å². The summed E-state index contributed by atoms with van der Waals surface area (Å²) in [5.74, 6) is 1.11. The lowest BCUT2D eigenvalue weighted by Crippen LogP contribution is -2.34. The normalized spacial score (nSPS) is 15.1. The Balaban J connectivity index is 1.61. The van der Waals surface area contributed by atoms with Crippen LogP contribution in [-0.4, -0.2) is 38.5 Å². The Bertz CT molecular complexity index is 838. The van der Waals surface area contributed by atoms with Crippen LogP contribution in [0.4, 0.5) is 11.6 Å². The molecule has 0 atom stereocenters. The molecule has 0 radical (unpaired) electrons. The van der Waals surface area contributed by atoms with Crippen LogP contribution in [0.15, 0.2) is 23.5 Å². The van der Waals surface area contributed by atoms with Gasteiger partial charge in [-0.05, 0) is 32.6 Å². The van der Waals surface area contributed by atoms with Crippen LogP contribution in [0.1, 0.15) is 31.0 Å². The van der Waals surface area contributed by atoms with E-state index in [0.29, 0.717) is 22.9 Å². The minimum absolute atomic E-state index is 0.0985. The first kappa shape index (κ1) is 18.0. The Morgan fingerprint density at radius 1 is 1.19 bits per heavy atom. The second-order valence-corrected chi connectivity index (χ2v) is 6.88. The van der Waals surface area contributed by atoms with E-state index in [1.54, 1.807) is 26.2 Å². The number of nitrogens with zero attached hydrogens (tertiary/aromatic N) is 5. The van der Waals surface area contributed by atoms with Crippen LogP contribution in [0.3, 0.4) is 0 Å². The van der Waals surface area contributed by atoms with Crippen LogP contribution >= 0.6 is 0 Å². The number of hydrogen-bond acceptors (Lipinski definition) is 6. The first-order valence-electron chi connectivity index (χ1n) is 8.83. The maximum Gasteiger partial charge on any atom is 0.256 e. The summed E-state index contributed by atoms with van der Waals surface area (Å²) in [6.07, 6.45) is 6.86. The molecule has 1 amide bonds. The van der Waals surface area contributed by atoms with Gasteiger partial charge in [0.25, 0.3) is 5.56 Å². The number of nitrogens with one attached hydrogen (secondary N) is 1. The summed E-state index contributed by atoms with van der Waals surface area (Å²) < 4.78 is 1.29. The van der Waals surface area contributed by atoms with Gasteiger partial charge >= 0.3 is 0 Å². The molecule has 1 N–H and O–H groups in total. The average molecular weight is 356 g/mol. The van der Waals surface area contributed by atoms with E-state index in [1.807, 2.05) is 0 Å². The number of piperidine rings is 1. The highest BCUT2D eigenvalue weighted by atomic mass is 16.2. The third-order valence-electron chi connectivity index (χ3n) is 4.82. The number of rotatable bonds is 4. The predicted octanol–water partition coefficient (Wildman–Crippen LogP) is 1.53. The van der Waals surface area contributed by atoms with Crippen LogP contribution in [0.2, 0.25) is 0 Å². The van der Waals surface area contributed by atoms with E-state index in [4.69, 9.17) is 0 Å². The van der Waals surface area contributed by atoms with Crippen molar-refractivity contribution in [1.82, 2.24) is 19.5 Å². The van der Waals surface area contributed by atoms with Crippen LogP contribution in [0.25, 0.3) is 0 Å². The SMILES string of the molecule is Cc1ncn(CC(=O)Nc2cnc(N3CCC(C)CC3)nc2)c(=O)c1C. The molecule has 1 fully saturated rings. The topological polar surface area (TPSA) is 93.0 Å². The highest BCUT2D eigenvalue weighted by Gasteiger charge is 2.18. The quantitative estimate of drug-likeness (QED) is 0.893. The Kier molecular flexibility index (Phi) is 5.29. The smallest absolute Gasteiger partial charge is 0.256 e. The number of carbonyl (C=O) groups is 1. The van der Waals surface area contributed by atoms with Crippen molar-refractivity contribution in [3.8, 4) is 0 Å². The maximum absolute atomic E-state index is 12.2. The zero-order valence-corrected chi connectivity index (χ0v) is 15.4. The molecule has 26 heavy (non-hydrogen) atoms. The third kappa shape index (κ3) is 4.07. The van der Waals surface area contributed by atoms with Gasteiger partial charge in [-0.1, -0.05) is 6.92 Å². The first-order chi connectivity index (χ1) is 12.4. The van der Waals surface area contributed by atoms with Gasteiger partial charge in [0.2, 0.25) is 11.9 Å². The number of anilines is 2. The molecule has 1 aliphatic rings. The minimum Gasteiger partial charge on any atom is -0.341 e. The molecule has 1 saturated heterocycles. The fourth-order valence-electron chi connectivity index (χ4n) is 2.90. The van der Waals surface area contributed by atoms with Crippen molar-refractivity contribution >= 4 is 17.5 Å². The number of amides is 1. The minimum atomic E-state index is -0.319. The van der Waals surface area contributed by atoms with Gasteiger partial charge in [0, 0.05) is 24.3 Å². The molecule has 0 saturated carbocycles. The first-order valence-corrected chi connectivity index (χ1v) is 8.83. The number of aryl methyl sites for hydroxylation is 1. The van der Waals surface area contributed by atoms with E-state index in [9.17, 15) is 9.59 Å². The molecule has 0 aliphatic carbocycles. The van der Waals surface area contributed by atoms with Gasteiger partial charge in [0.15, 0.2) is 0 Å². The molecular weight excluding hydrogens is 332 g/mol. The van der Waals surface area contributed by atoms with E-state index in [1.165, 1.54) is 10.9 Å². The van der Waals surface area contributed by atoms with Crippen molar-refractivity contribution in [3.63, 3.8) is 0 Å². The van der Waals surface area contributed by atoms with E-state index >= 15 is 0 Å². The van der Waals surface area contributed by atoms with E-state index in [-0.39, 0.29) is 18.0 Å². The molecular formula is C18H24N6O2. The summed E-state index contributed by atoms with van der Waals surface area (Å²) in [7, 11) is 0. The molecule has 0 aromatic carbocycles. The molecule has 0 spiro atoms. The summed E-state index contributed by atoms with van der Waals surface area (Å²) in [5, 5.41) is 2.72. The lowest BCUT2D eigenvalue weighted by Gasteiger charge is -2.30. The predicted molar refractivity (Wildman–Crippen MR) is 99.2 cm³/mol. The number of aromatic nitrogens is 4. The molecule has 2 aromatic heterocycles. The lowest BCUT2D eigenvalue weighted by molar-refractivity contribution is -0.116. The van der Waals surface area contributed by atoms with Crippen molar-refractivity contribution < 1.29 is 4.79 Å². The zero-order chi connectivity index (χ0) is 18.7. The summed E-state index contributed by atoms with van der Waals surface area (Å²) in [5.41, 5.74) is 1.51. The molecule has 138 valence electrons. The van der Waals surface area contributed by atoms with Crippen molar-refractivity contribution in [2.75, 3.05) is 23.3 Å². The third-order valence-corrected chi connectivity index (χ3v) is 4.82. The number of carbonyl (C=O) groups excluding carboxylic acids is 1. The van der Waals surface area contributed by atoms with Gasteiger partial charge < -0.3 is 10.2 Å². The van der Waals surface area contributed by atoms with Gasteiger partial charge in [-0.15, -0.1) is 0 Å². The Labute approximate surface area is 152 Å². The fraction of sp³-hybridized carbons (Fsp3) is 0.500. The van der Waals surface area contributed by atoms with Gasteiger partial charge in [-0.25, -0.2) is 15.0 Å². The van der Waals surface area contributed by atoms with Gasteiger partial charge in [0.05, 0.1) is 24.4 Å². The highest BCUT2D eigenvalue weighted by Crippen LogP contribution is 2.20. The summed E-state index contributed by atoms with van der Waals surface area (Å²) >= 11 is 0. The van der Waals surface area contributed by atoms with E-state index in [2.05, 4.69) is 32.1 Å². The molecule has 8 nitrogen and oxygen atoms in total. The molecule has 0 bridgehead atoms. The molecule has 3 heterocycles. The van der Waals surface area contributed by atoms with Gasteiger partial charge in [-0.3, -0.25) is 14.2 Å². The lowest BCUT2D eigenvalue weighted by atomic mass is 10.00. The summed E-state index contributed by atoms with van der Waals surface area (Å²) in [6, 6.07) is 0. The average Bonchev–Trinajstić information content (AvgIpc) is 2.64. The zero-order valence-electron chi connectivity index (χ0n) is 15.4.